The fraction of sp³-hybridized carbons (Fsp3) is 0.407. The predicted molar refractivity (Wildman–Crippen MR) is 137 cm³/mol. The lowest BCUT2D eigenvalue weighted by molar-refractivity contribution is -0.131. The fourth-order valence-electron chi connectivity index (χ4n) is 4.63. The number of nitrogens with zero attached hydrogens (tertiary/aromatic N) is 5. The third kappa shape index (κ3) is 5.51. The van der Waals surface area contributed by atoms with Gasteiger partial charge in [-0.1, -0.05) is 73.5 Å². The minimum atomic E-state index is -0.695. The minimum Gasteiger partial charge on any atom is -0.496 e. The first-order valence-corrected chi connectivity index (χ1v) is 13.0. The van der Waals surface area contributed by atoms with Crippen LogP contribution in [0.1, 0.15) is 37.7 Å². The normalized spacial score (nSPS) is 14.8. The SMILES string of the molecule is COc1ccccc1-c1nnc(SCC(=O)N(C)C2(C#N)CCCCC2)n1CCc1ccccc1. The maximum Gasteiger partial charge on any atom is 0.234 e. The van der Waals surface area contributed by atoms with Gasteiger partial charge in [0, 0.05) is 13.6 Å². The summed E-state index contributed by atoms with van der Waals surface area (Å²) in [5.74, 6) is 1.58. The Bertz CT molecular complexity index is 1180. The summed E-state index contributed by atoms with van der Waals surface area (Å²) in [5, 5.41) is 19.5. The van der Waals surface area contributed by atoms with E-state index < -0.39 is 5.54 Å². The van der Waals surface area contributed by atoms with Gasteiger partial charge in [0.05, 0.1) is 24.5 Å². The molecule has 1 saturated carbocycles. The van der Waals surface area contributed by atoms with Crippen LogP contribution in [0.5, 0.6) is 5.75 Å². The van der Waals surface area contributed by atoms with E-state index >= 15 is 0 Å². The van der Waals surface area contributed by atoms with E-state index in [0.717, 1.165) is 49.8 Å². The van der Waals surface area contributed by atoms with Crippen molar-refractivity contribution in [2.24, 2.45) is 0 Å². The summed E-state index contributed by atoms with van der Waals surface area (Å²) >= 11 is 1.37. The summed E-state index contributed by atoms with van der Waals surface area (Å²) in [7, 11) is 3.40. The molecule has 1 heterocycles. The van der Waals surface area contributed by atoms with Crippen LogP contribution >= 0.6 is 11.8 Å². The molecule has 0 bridgehead atoms. The molecule has 0 spiro atoms. The number of methoxy groups -OCH3 is 1. The number of hydrogen-bond acceptors (Lipinski definition) is 6. The van der Waals surface area contributed by atoms with Crippen molar-refractivity contribution in [3.05, 3.63) is 60.2 Å². The van der Waals surface area contributed by atoms with Gasteiger partial charge in [0.25, 0.3) is 0 Å². The van der Waals surface area contributed by atoms with Crippen molar-refractivity contribution in [1.29, 1.82) is 5.26 Å². The van der Waals surface area contributed by atoms with Crippen LogP contribution in [-0.4, -0.2) is 51.0 Å². The molecule has 1 aliphatic carbocycles. The van der Waals surface area contributed by atoms with Gasteiger partial charge in [-0.15, -0.1) is 10.2 Å². The van der Waals surface area contributed by atoms with Crippen molar-refractivity contribution >= 4 is 17.7 Å². The van der Waals surface area contributed by atoms with Gasteiger partial charge >= 0.3 is 0 Å². The fourth-order valence-corrected chi connectivity index (χ4v) is 5.51. The maximum atomic E-state index is 13.1. The predicted octanol–water partition coefficient (Wildman–Crippen LogP) is 4.97. The summed E-state index contributed by atoms with van der Waals surface area (Å²) in [4.78, 5) is 14.8. The van der Waals surface area contributed by atoms with E-state index in [1.165, 1.54) is 17.3 Å². The smallest absolute Gasteiger partial charge is 0.234 e. The molecule has 0 unspecified atom stereocenters. The quantitative estimate of drug-likeness (QED) is 0.395. The van der Waals surface area contributed by atoms with Gasteiger partial charge in [-0.25, -0.2) is 0 Å². The number of amides is 1. The number of aromatic nitrogens is 3. The molecule has 1 amide bonds. The largest absolute Gasteiger partial charge is 0.496 e. The van der Waals surface area contributed by atoms with Crippen LogP contribution in [0.3, 0.4) is 0 Å². The van der Waals surface area contributed by atoms with Gasteiger partial charge in [-0.05, 0) is 37.0 Å². The molecule has 8 heteroatoms. The Hall–Kier alpha value is -3.31. The molecule has 0 saturated heterocycles. The van der Waals surface area contributed by atoms with Crippen LogP contribution in [0, 0.1) is 11.3 Å². The molecule has 0 aliphatic heterocycles. The first-order valence-electron chi connectivity index (χ1n) is 12.0. The molecule has 4 rings (SSSR count). The van der Waals surface area contributed by atoms with Crippen LogP contribution in [-0.2, 0) is 17.8 Å². The van der Waals surface area contributed by atoms with Crippen molar-refractivity contribution in [2.75, 3.05) is 19.9 Å². The van der Waals surface area contributed by atoms with E-state index in [-0.39, 0.29) is 11.7 Å². The van der Waals surface area contributed by atoms with Gasteiger partial charge in [0.1, 0.15) is 11.3 Å². The van der Waals surface area contributed by atoms with Crippen molar-refractivity contribution in [3.63, 3.8) is 0 Å². The highest BCUT2D eigenvalue weighted by Crippen LogP contribution is 2.34. The molecule has 7 nitrogen and oxygen atoms in total. The van der Waals surface area contributed by atoms with Gasteiger partial charge < -0.3 is 14.2 Å². The minimum absolute atomic E-state index is 0.0603. The molecular weight excluding hydrogens is 458 g/mol. The van der Waals surface area contributed by atoms with Crippen molar-refractivity contribution in [2.45, 2.75) is 55.8 Å². The number of rotatable bonds is 9. The van der Waals surface area contributed by atoms with E-state index in [4.69, 9.17) is 4.74 Å². The number of ether oxygens (including phenoxy) is 1. The third-order valence-electron chi connectivity index (χ3n) is 6.76. The summed E-state index contributed by atoms with van der Waals surface area (Å²) in [6, 6.07) is 20.4. The number of aryl methyl sites for hydroxylation is 1. The standard InChI is InChI=1S/C27H31N5O2S/c1-31(27(20-28)16-9-4-10-17-27)24(33)19-35-26-30-29-25(22-13-7-8-14-23(22)34-2)32(26)18-15-21-11-5-3-6-12-21/h3,5-8,11-14H,4,9-10,15-19H2,1-2H3. The van der Waals surface area contributed by atoms with Crippen LogP contribution in [0.4, 0.5) is 0 Å². The van der Waals surface area contributed by atoms with E-state index in [1.54, 1.807) is 19.1 Å². The van der Waals surface area contributed by atoms with E-state index in [0.29, 0.717) is 17.5 Å². The molecule has 35 heavy (non-hydrogen) atoms. The summed E-state index contributed by atoms with van der Waals surface area (Å²) in [6.07, 6.45) is 5.36. The van der Waals surface area contributed by atoms with Crippen LogP contribution in [0.15, 0.2) is 59.8 Å². The zero-order chi connectivity index (χ0) is 24.7. The van der Waals surface area contributed by atoms with Crippen molar-refractivity contribution < 1.29 is 9.53 Å². The number of thioether (sulfide) groups is 1. The second kappa shape index (κ2) is 11.4. The lowest BCUT2D eigenvalue weighted by atomic mass is 9.81. The Kier molecular flexibility index (Phi) is 8.09. The molecule has 1 aliphatic rings. The molecule has 0 N–H and O–H groups in total. The zero-order valence-corrected chi connectivity index (χ0v) is 21.1. The molecule has 3 aromatic rings. The monoisotopic (exact) mass is 489 g/mol. The van der Waals surface area contributed by atoms with Gasteiger partial charge in [-0.3, -0.25) is 4.79 Å². The molecule has 182 valence electrons. The third-order valence-corrected chi connectivity index (χ3v) is 7.71. The number of benzene rings is 2. The number of para-hydroxylation sites is 1. The summed E-state index contributed by atoms with van der Waals surface area (Å²) in [5.41, 5.74) is 1.38. The molecule has 0 atom stereocenters. The highest BCUT2D eigenvalue weighted by atomic mass is 32.2. The Morgan fingerprint density at radius 3 is 2.54 bits per heavy atom. The van der Waals surface area contributed by atoms with Crippen LogP contribution < -0.4 is 4.74 Å². The Morgan fingerprint density at radius 1 is 1.11 bits per heavy atom. The Morgan fingerprint density at radius 2 is 1.83 bits per heavy atom. The number of nitriles is 1. The average Bonchev–Trinajstić information content (AvgIpc) is 3.33. The lowest BCUT2D eigenvalue weighted by Gasteiger charge is -2.39. The van der Waals surface area contributed by atoms with Gasteiger partial charge in [-0.2, -0.15) is 5.26 Å². The average molecular weight is 490 g/mol. The second-order valence-electron chi connectivity index (χ2n) is 8.84. The summed E-state index contributed by atoms with van der Waals surface area (Å²) in [6.45, 7) is 0.666. The van der Waals surface area contributed by atoms with Crippen molar-refractivity contribution in [3.8, 4) is 23.2 Å². The van der Waals surface area contributed by atoms with Crippen LogP contribution in [0.25, 0.3) is 11.4 Å². The Balaban J connectivity index is 1.56. The zero-order valence-electron chi connectivity index (χ0n) is 20.3. The molecule has 1 fully saturated rings. The van der Waals surface area contributed by atoms with Gasteiger partial charge in [0.2, 0.25) is 5.91 Å². The van der Waals surface area contributed by atoms with Crippen molar-refractivity contribution in [1.82, 2.24) is 19.7 Å². The van der Waals surface area contributed by atoms with E-state index in [1.807, 2.05) is 42.5 Å². The molecule has 0 radical (unpaired) electrons. The lowest BCUT2D eigenvalue weighted by Crippen LogP contribution is -2.50. The number of hydrogen-bond donors (Lipinski definition) is 0. The van der Waals surface area contributed by atoms with Crippen LogP contribution in [0.2, 0.25) is 0 Å². The summed E-state index contributed by atoms with van der Waals surface area (Å²) < 4.78 is 7.63. The topological polar surface area (TPSA) is 84.0 Å². The Labute approximate surface area is 211 Å². The first-order chi connectivity index (χ1) is 17.1. The molecule has 1 aromatic heterocycles. The number of carbonyl (C=O) groups excluding carboxylic acids is 1. The molecular formula is C27H31N5O2S. The van der Waals surface area contributed by atoms with E-state index in [9.17, 15) is 10.1 Å². The second-order valence-corrected chi connectivity index (χ2v) is 9.78. The first kappa shape index (κ1) is 24.8. The highest BCUT2D eigenvalue weighted by molar-refractivity contribution is 7.99. The van der Waals surface area contributed by atoms with Gasteiger partial charge in [0.15, 0.2) is 11.0 Å². The van der Waals surface area contributed by atoms with E-state index in [2.05, 4.69) is 33.0 Å². The highest BCUT2D eigenvalue weighted by Gasteiger charge is 2.38. The molecule has 2 aromatic carbocycles. The maximum absolute atomic E-state index is 13.1. The number of carbonyl (C=O) groups is 1.